The van der Waals surface area contributed by atoms with Crippen LogP contribution in [0.15, 0.2) is 66.4 Å². The summed E-state index contributed by atoms with van der Waals surface area (Å²) in [5, 5.41) is 2.51. The Kier molecular flexibility index (Phi) is 7.34. The maximum absolute atomic E-state index is 13.1. The molecule has 2 aromatic rings. The van der Waals surface area contributed by atoms with Gasteiger partial charge in [-0.05, 0) is 11.6 Å². The molecule has 0 aliphatic carbocycles. The number of esters is 1. The summed E-state index contributed by atoms with van der Waals surface area (Å²) in [5.41, 5.74) is 1.24. The van der Waals surface area contributed by atoms with E-state index in [1.807, 2.05) is 24.3 Å². The lowest BCUT2D eigenvalue weighted by Crippen LogP contribution is -2.44. The molecule has 7 nitrogen and oxygen atoms in total. The largest absolute Gasteiger partial charge is 0.443 e. The highest BCUT2D eigenvalue weighted by molar-refractivity contribution is 5.99. The molecule has 1 saturated heterocycles. The highest BCUT2D eigenvalue weighted by Crippen LogP contribution is 2.22. The summed E-state index contributed by atoms with van der Waals surface area (Å²) < 4.78 is 10.9. The summed E-state index contributed by atoms with van der Waals surface area (Å²) in [6.07, 6.45) is 0.398. The standard InChI is InChI=1S/C23H24N2O5/c1-17(26)24-20(16-18-8-4-2-5-9-18)23(28)30-21(19-10-6-3-7-11-19)22(27)25-12-14-29-15-13-25/h2-11,16,21H,12-15H2,1H3,(H,24,26)/b20-16-/t21-/m0/s1. The third-order valence-electron chi connectivity index (χ3n) is 4.52. The molecule has 1 N–H and O–H groups in total. The number of morpholine rings is 1. The van der Waals surface area contributed by atoms with Crippen LogP contribution in [0.25, 0.3) is 6.08 Å². The molecule has 0 aromatic heterocycles. The maximum atomic E-state index is 13.1. The van der Waals surface area contributed by atoms with Gasteiger partial charge in [0.15, 0.2) is 0 Å². The van der Waals surface area contributed by atoms with E-state index in [1.165, 1.54) is 13.0 Å². The molecule has 1 atom stereocenters. The van der Waals surface area contributed by atoms with E-state index in [1.54, 1.807) is 41.3 Å². The Bertz CT molecular complexity index is 906. The summed E-state index contributed by atoms with van der Waals surface area (Å²) in [4.78, 5) is 39.3. The van der Waals surface area contributed by atoms with Crippen LogP contribution < -0.4 is 5.32 Å². The van der Waals surface area contributed by atoms with Crippen LogP contribution in [0.4, 0.5) is 0 Å². The van der Waals surface area contributed by atoms with E-state index in [0.29, 0.717) is 37.4 Å². The number of carbonyl (C=O) groups excluding carboxylic acids is 3. The van der Waals surface area contributed by atoms with Crippen LogP contribution in [-0.4, -0.2) is 49.0 Å². The van der Waals surface area contributed by atoms with Gasteiger partial charge in [-0.2, -0.15) is 0 Å². The molecule has 7 heteroatoms. The summed E-state index contributed by atoms with van der Waals surface area (Å²) >= 11 is 0. The minimum absolute atomic E-state index is 0.0376. The van der Waals surface area contributed by atoms with Gasteiger partial charge in [0.25, 0.3) is 5.91 Å². The summed E-state index contributed by atoms with van der Waals surface area (Å²) in [6, 6.07) is 17.9. The number of benzene rings is 2. The first-order valence-electron chi connectivity index (χ1n) is 9.71. The highest BCUT2D eigenvalue weighted by Gasteiger charge is 2.31. The number of hydrogen-bond acceptors (Lipinski definition) is 5. The minimum Gasteiger partial charge on any atom is -0.443 e. The zero-order chi connectivity index (χ0) is 21.3. The predicted octanol–water partition coefficient (Wildman–Crippen LogP) is 2.31. The van der Waals surface area contributed by atoms with Crippen molar-refractivity contribution in [1.29, 1.82) is 0 Å². The van der Waals surface area contributed by atoms with E-state index >= 15 is 0 Å². The highest BCUT2D eigenvalue weighted by atomic mass is 16.5. The quantitative estimate of drug-likeness (QED) is 0.586. The number of amides is 2. The van der Waals surface area contributed by atoms with Gasteiger partial charge in [-0.25, -0.2) is 4.79 Å². The van der Waals surface area contributed by atoms with Crippen molar-refractivity contribution in [2.24, 2.45) is 0 Å². The van der Waals surface area contributed by atoms with Crippen molar-refractivity contribution in [3.8, 4) is 0 Å². The summed E-state index contributed by atoms with van der Waals surface area (Å²) in [6.45, 7) is 3.04. The van der Waals surface area contributed by atoms with Gasteiger partial charge in [0.1, 0.15) is 5.70 Å². The fourth-order valence-corrected chi connectivity index (χ4v) is 3.06. The van der Waals surface area contributed by atoms with Crippen molar-refractivity contribution >= 4 is 23.9 Å². The SMILES string of the molecule is CC(=O)N/C(=C\c1ccccc1)C(=O)O[C@H](C(=O)N1CCOCC1)c1ccccc1. The molecule has 2 amide bonds. The second kappa shape index (κ2) is 10.4. The van der Waals surface area contributed by atoms with Crippen molar-refractivity contribution in [3.63, 3.8) is 0 Å². The fourth-order valence-electron chi connectivity index (χ4n) is 3.06. The number of carbonyl (C=O) groups is 3. The van der Waals surface area contributed by atoms with Crippen molar-refractivity contribution in [1.82, 2.24) is 10.2 Å². The molecule has 156 valence electrons. The van der Waals surface area contributed by atoms with E-state index in [2.05, 4.69) is 5.32 Å². The lowest BCUT2D eigenvalue weighted by atomic mass is 10.1. The molecule has 0 spiro atoms. The Hall–Kier alpha value is -3.45. The van der Waals surface area contributed by atoms with Gasteiger partial charge in [-0.3, -0.25) is 9.59 Å². The number of rotatable bonds is 6. The molecule has 1 aliphatic rings. The monoisotopic (exact) mass is 408 g/mol. The second-order valence-electron chi connectivity index (χ2n) is 6.78. The Morgan fingerprint density at radius 1 is 1.00 bits per heavy atom. The topological polar surface area (TPSA) is 84.9 Å². The Balaban J connectivity index is 1.87. The number of nitrogens with one attached hydrogen (secondary N) is 1. The molecule has 2 aromatic carbocycles. The molecule has 1 heterocycles. The van der Waals surface area contributed by atoms with Crippen molar-refractivity contribution in [2.75, 3.05) is 26.3 Å². The first kappa shape index (κ1) is 21.3. The first-order chi connectivity index (χ1) is 14.5. The van der Waals surface area contributed by atoms with Crippen LogP contribution >= 0.6 is 0 Å². The van der Waals surface area contributed by atoms with E-state index < -0.39 is 18.0 Å². The van der Waals surface area contributed by atoms with Crippen LogP contribution in [0.1, 0.15) is 24.2 Å². The molecular weight excluding hydrogens is 384 g/mol. The number of nitrogens with zero attached hydrogens (tertiary/aromatic N) is 1. The summed E-state index contributed by atoms with van der Waals surface area (Å²) in [7, 11) is 0. The Labute approximate surface area is 175 Å². The maximum Gasteiger partial charge on any atom is 0.355 e. The first-order valence-corrected chi connectivity index (χ1v) is 9.71. The van der Waals surface area contributed by atoms with E-state index in [4.69, 9.17) is 9.47 Å². The minimum atomic E-state index is -1.12. The lowest BCUT2D eigenvalue weighted by molar-refractivity contribution is -0.160. The van der Waals surface area contributed by atoms with Gasteiger partial charge in [-0.1, -0.05) is 60.7 Å². The van der Waals surface area contributed by atoms with Crippen LogP contribution in [-0.2, 0) is 23.9 Å². The molecule has 0 bridgehead atoms. The zero-order valence-corrected chi connectivity index (χ0v) is 16.7. The average Bonchev–Trinajstić information content (AvgIpc) is 2.78. The third kappa shape index (κ3) is 5.78. The second-order valence-corrected chi connectivity index (χ2v) is 6.78. The molecular formula is C23H24N2O5. The van der Waals surface area contributed by atoms with Crippen molar-refractivity contribution in [3.05, 3.63) is 77.5 Å². The number of ether oxygens (including phenoxy) is 2. The van der Waals surface area contributed by atoms with E-state index in [9.17, 15) is 14.4 Å². The molecule has 0 saturated carbocycles. The smallest absolute Gasteiger partial charge is 0.355 e. The Morgan fingerprint density at radius 3 is 2.20 bits per heavy atom. The Morgan fingerprint density at radius 2 is 1.60 bits per heavy atom. The third-order valence-corrected chi connectivity index (χ3v) is 4.52. The van der Waals surface area contributed by atoms with Gasteiger partial charge < -0.3 is 19.7 Å². The lowest BCUT2D eigenvalue weighted by Gasteiger charge is -2.30. The van der Waals surface area contributed by atoms with E-state index in [0.717, 1.165) is 0 Å². The normalized spacial score (nSPS) is 15.2. The van der Waals surface area contributed by atoms with Crippen LogP contribution in [0.5, 0.6) is 0 Å². The zero-order valence-electron chi connectivity index (χ0n) is 16.7. The summed E-state index contributed by atoms with van der Waals surface area (Å²) in [5.74, 6) is -1.52. The van der Waals surface area contributed by atoms with Gasteiger partial charge in [-0.15, -0.1) is 0 Å². The predicted molar refractivity (Wildman–Crippen MR) is 111 cm³/mol. The molecule has 0 unspecified atom stereocenters. The molecule has 1 fully saturated rings. The van der Waals surface area contributed by atoms with Gasteiger partial charge in [0.2, 0.25) is 12.0 Å². The van der Waals surface area contributed by atoms with Crippen molar-refractivity contribution < 1.29 is 23.9 Å². The van der Waals surface area contributed by atoms with Gasteiger partial charge in [0.05, 0.1) is 13.2 Å². The molecule has 3 rings (SSSR count). The number of hydrogen-bond donors (Lipinski definition) is 1. The average molecular weight is 408 g/mol. The van der Waals surface area contributed by atoms with Crippen LogP contribution in [0.3, 0.4) is 0 Å². The molecule has 0 radical (unpaired) electrons. The van der Waals surface area contributed by atoms with Crippen molar-refractivity contribution in [2.45, 2.75) is 13.0 Å². The van der Waals surface area contributed by atoms with Crippen LogP contribution in [0, 0.1) is 0 Å². The van der Waals surface area contributed by atoms with Gasteiger partial charge in [0, 0.05) is 25.6 Å². The van der Waals surface area contributed by atoms with E-state index in [-0.39, 0.29) is 11.6 Å². The fraction of sp³-hybridized carbons (Fsp3) is 0.261. The molecule has 1 aliphatic heterocycles. The van der Waals surface area contributed by atoms with Gasteiger partial charge >= 0.3 is 5.97 Å². The molecule has 30 heavy (non-hydrogen) atoms. The van der Waals surface area contributed by atoms with Crippen LogP contribution in [0.2, 0.25) is 0 Å².